The van der Waals surface area contributed by atoms with Crippen LogP contribution in [0.1, 0.15) is 87.1 Å². The minimum absolute atomic E-state index is 0.446. The van der Waals surface area contributed by atoms with Crippen molar-refractivity contribution in [2.24, 2.45) is 0 Å². The Bertz CT molecular complexity index is 457. The number of carboxylic acids is 1. The third-order valence-electron chi connectivity index (χ3n) is 4.19. The van der Waals surface area contributed by atoms with E-state index in [9.17, 15) is 9.90 Å². The largest absolute Gasteiger partial charge is 0.478 e. The molecule has 0 amide bonds. The van der Waals surface area contributed by atoms with Crippen LogP contribution in [0.4, 0.5) is 0 Å². The van der Waals surface area contributed by atoms with Crippen LogP contribution in [0.5, 0.6) is 0 Å². The highest BCUT2D eigenvalue weighted by Gasteiger charge is 2.11. The molecule has 0 atom stereocenters. The molecule has 0 unspecified atom stereocenters. The first-order chi connectivity index (χ1) is 11.2. The van der Waals surface area contributed by atoms with Gasteiger partial charge in [0.05, 0.1) is 5.56 Å². The second-order valence-corrected chi connectivity index (χ2v) is 7.39. The number of hydrogen-bond acceptors (Lipinski definition) is 2. The van der Waals surface area contributed by atoms with Crippen molar-refractivity contribution in [1.29, 1.82) is 0 Å². The first-order valence-corrected chi connectivity index (χ1v) is 10.1. The Labute approximate surface area is 146 Å². The third kappa shape index (κ3) is 8.45. The summed E-state index contributed by atoms with van der Waals surface area (Å²) in [5.74, 6) is 0.195. The molecule has 0 aliphatic carbocycles. The zero-order chi connectivity index (χ0) is 16.9. The molecule has 0 saturated heterocycles. The van der Waals surface area contributed by atoms with E-state index in [-0.39, 0.29) is 0 Å². The molecule has 0 fully saturated rings. The number of hydrogen-bond donors (Lipinski definition) is 1. The molecule has 0 bridgehead atoms. The van der Waals surface area contributed by atoms with E-state index in [0.717, 1.165) is 16.2 Å². The molecule has 0 heterocycles. The van der Waals surface area contributed by atoms with E-state index in [0.29, 0.717) is 5.56 Å². The summed E-state index contributed by atoms with van der Waals surface area (Å²) < 4.78 is 0. The summed E-state index contributed by atoms with van der Waals surface area (Å²) in [6.07, 6.45) is 13.4. The van der Waals surface area contributed by atoms with Crippen LogP contribution in [0.15, 0.2) is 23.1 Å². The topological polar surface area (TPSA) is 37.3 Å². The van der Waals surface area contributed by atoms with Crippen molar-refractivity contribution in [1.82, 2.24) is 0 Å². The lowest BCUT2D eigenvalue weighted by Gasteiger charge is -2.09. The molecule has 0 aromatic heterocycles. The quantitative estimate of drug-likeness (QED) is 0.321. The predicted octanol–water partition coefficient (Wildman–Crippen LogP) is 6.71. The number of thioether (sulfide) groups is 1. The van der Waals surface area contributed by atoms with Gasteiger partial charge in [0.2, 0.25) is 0 Å². The smallest absolute Gasteiger partial charge is 0.336 e. The Morgan fingerprint density at radius 2 is 1.52 bits per heavy atom. The van der Waals surface area contributed by atoms with Gasteiger partial charge in [0, 0.05) is 4.90 Å². The number of rotatable bonds is 13. The van der Waals surface area contributed by atoms with E-state index < -0.39 is 5.97 Å². The fraction of sp³-hybridized carbons (Fsp3) is 0.650. The molecule has 0 saturated carbocycles. The van der Waals surface area contributed by atoms with E-state index >= 15 is 0 Å². The molecule has 3 heteroatoms. The Hall–Kier alpha value is -0.960. The third-order valence-corrected chi connectivity index (χ3v) is 5.51. The van der Waals surface area contributed by atoms with E-state index in [4.69, 9.17) is 0 Å². The van der Waals surface area contributed by atoms with Crippen LogP contribution >= 0.6 is 11.8 Å². The molecule has 0 aliphatic heterocycles. The van der Waals surface area contributed by atoms with Gasteiger partial charge in [-0.2, -0.15) is 0 Å². The summed E-state index contributed by atoms with van der Waals surface area (Å²) in [4.78, 5) is 12.2. The van der Waals surface area contributed by atoms with Crippen molar-refractivity contribution in [3.05, 3.63) is 29.3 Å². The van der Waals surface area contributed by atoms with Crippen LogP contribution < -0.4 is 0 Å². The monoisotopic (exact) mass is 336 g/mol. The number of aromatic carboxylic acids is 1. The van der Waals surface area contributed by atoms with Crippen LogP contribution in [-0.4, -0.2) is 16.8 Å². The summed E-state index contributed by atoms with van der Waals surface area (Å²) >= 11 is 1.70. The number of aryl methyl sites for hydroxylation is 1. The maximum absolute atomic E-state index is 11.3. The first kappa shape index (κ1) is 20.1. The van der Waals surface area contributed by atoms with Crippen molar-refractivity contribution >= 4 is 17.7 Å². The first-order valence-electron chi connectivity index (χ1n) is 9.12. The molecular weight excluding hydrogens is 304 g/mol. The lowest BCUT2D eigenvalue weighted by Crippen LogP contribution is -2.00. The SMILES string of the molecule is CCCCCCCCCCCCSc1c(C)cccc1C(=O)O. The second kappa shape index (κ2) is 12.5. The fourth-order valence-corrected chi connectivity index (χ4v) is 3.94. The minimum Gasteiger partial charge on any atom is -0.478 e. The Morgan fingerprint density at radius 1 is 0.957 bits per heavy atom. The van der Waals surface area contributed by atoms with Gasteiger partial charge >= 0.3 is 5.97 Å². The van der Waals surface area contributed by atoms with Gasteiger partial charge in [-0.3, -0.25) is 0 Å². The average molecular weight is 337 g/mol. The lowest BCUT2D eigenvalue weighted by molar-refractivity contribution is 0.0693. The normalized spacial score (nSPS) is 10.9. The van der Waals surface area contributed by atoms with Crippen LogP contribution in [0.2, 0.25) is 0 Å². The van der Waals surface area contributed by atoms with Crippen LogP contribution in [0.3, 0.4) is 0 Å². The van der Waals surface area contributed by atoms with Crippen molar-refractivity contribution < 1.29 is 9.90 Å². The number of carbonyl (C=O) groups is 1. The van der Waals surface area contributed by atoms with E-state index in [1.807, 2.05) is 19.1 Å². The molecule has 1 aromatic carbocycles. The molecule has 1 rings (SSSR count). The van der Waals surface area contributed by atoms with Crippen molar-refractivity contribution in [2.45, 2.75) is 83.0 Å². The van der Waals surface area contributed by atoms with Gasteiger partial charge in [-0.05, 0) is 30.7 Å². The minimum atomic E-state index is -0.820. The summed E-state index contributed by atoms with van der Waals surface area (Å²) in [5.41, 5.74) is 1.52. The second-order valence-electron chi connectivity index (χ2n) is 6.29. The van der Waals surface area contributed by atoms with E-state index in [2.05, 4.69) is 6.92 Å². The van der Waals surface area contributed by atoms with Gasteiger partial charge in [-0.25, -0.2) is 4.79 Å². The van der Waals surface area contributed by atoms with Gasteiger partial charge < -0.3 is 5.11 Å². The molecule has 0 aliphatic rings. The maximum Gasteiger partial charge on any atom is 0.336 e. The van der Waals surface area contributed by atoms with Crippen molar-refractivity contribution in [2.75, 3.05) is 5.75 Å². The lowest BCUT2D eigenvalue weighted by atomic mass is 10.1. The van der Waals surface area contributed by atoms with Crippen LogP contribution in [-0.2, 0) is 0 Å². The molecule has 2 nitrogen and oxygen atoms in total. The van der Waals surface area contributed by atoms with Crippen molar-refractivity contribution in [3.63, 3.8) is 0 Å². The summed E-state index contributed by atoms with van der Waals surface area (Å²) in [6.45, 7) is 4.25. The van der Waals surface area contributed by atoms with E-state index in [1.165, 1.54) is 64.2 Å². The standard InChI is InChI=1S/C20H32O2S/c1-3-4-5-6-7-8-9-10-11-12-16-23-19-17(2)14-13-15-18(19)20(21)22/h13-15H,3-12,16H2,1-2H3,(H,21,22). The molecule has 0 radical (unpaired) electrons. The number of carboxylic acid groups (broad SMARTS) is 1. The zero-order valence-corrected chi connectivity index (χ0v) is 15.6. The molecular formula is C20H32O2S. The number of unbranched alkanes of at least 4 members (excludes halogenated alkanes) is 9. The predicted molar refractivity (Wildman–Crippen MR) is 101 cm³/mol. The average Bonchev–Trinajstić information content (AvgIpc) is 2.53. The number of benzene rings is 1. The zero-order valence-electron chi connectivity index (χ0n) is 14.8. The Balaban J connectivity index is 2.11. The van der Waals surface area contributed by atoms with Gasteiger partial charge in [0.25, 0.3) is 0 Å². The Kier molecular flexibility index (Phi) is 10.9. The summed E-state index contributed by atoms with van der Waals surface area (Å²) in [6, 6.07) is 5.52. The molecule has 1 aromatic rings. The highest BCUT2D eigenvalue weighted by atomic mass is 32.2. The van der Waals surface area contributed by atoms with Crippen LogP contribution in [0, 0.1) is 6.92 Å². The fourth-order valence-electron chi connectivity index (χ4n) is 2.78. The van der Waals surface area contributed by atoms with Crippen molar-refractivity contribution in [3.8, 4) is 0 Å². The Morgan fingerprint density at radius 3 is 2.09 bits per heavy atom. The van der Waals surface area contributed by atoms with Crippen LogP contribution in [0.25, 0.3) is 0 Å². The molecule has 0 spiro atoms. The maximum atomic E-state index is 11.3. The summed E-state index contributed by atoms with van der Waals surface area (Å²) in [7, 11) is 0. The van der Waals surface area contributed by atoms with Gasteiger partial charge in [0.1, 0.15) is 0 Å². The summed E-state index contributed by atoms with van der Waals surface area (Å²) in [5, 5.41) is 9.25. The van der Waals surface area contributed by atoms with Gasteiger partial charge in [-0.15, -0.1) is 11.8 Å². The highest BCUT2D eigenvalue weighted by Crippen LogP contribution is 2.28. The van der Waals surface area contributed by atoms with Gasteiger partial charge in [-0.1, -0.05) is 76.8 Å². The van der Waals surface area contributed by atoms with E-state index in [1.54, 1.807) is 17.8 Å². The molecule has 130 valence electrons. The molecule has 23 heavy (non-hydrogen) atoms. The van der Waals surface area contributed by atoms with Gasteiger partial charge in [0.15, 0.2) is 0 Å². The molecule has 1 N–H and O–H groups in total. The highest BCUT2D eigenvalue weighted by molar-refractivity contribution is 7.99.